The molecule has 0 atom stereocenters. The number of thiophene rings is 1. The van der Waals surface area contributed by atoms with Crippen LogP contribution in [0.3, 0.4) is 0 Å². The zero-order chi connectivity index (χ0) is 13.2. The molecule has 18 heavy (non-hydrogen) atoms. The molecule has 1 aromatic rings. The van der Waals surface area contributed by atoms with Gasteiger partial charge < -0.3 is 5.73 Å². The van der Waals surface area contributed by atoms with Crippen LogP contribution in [0.5, 0.6) is 0 Å². The van der Waals surface area contributed by atoms with Gasteiger partial charge in [-0.2, -0.15) is 4.31 Å². The predicted octanol–water partition coefficient (Wildman–Crippen LogP) is 2.53. The van der Waals surface area contributed by atoms with E-state index in [4.69, 9.17) is 5.73 Å². The van der Waals surface area contributed by atoms with Gasteiger partial charge in [-0.05, 0) is 34.8 Å². The summed E-state index contributed by atoms with van der Waals surface area (Å²) in [4.78, 5) is 1.25. The van der Waals surface area contributed by atoms with Crippen LogP contribution in [0.15, 0.2) is 14.7 Å². The smallest absolute Gasteiger partial charge is 0.245 e. The number of hydrogen-bond donors (Lipinski definition) is 1. The molecule has 102 valence electrons. The molecule has 1 fully saturated rings. The van der Waals surface area contributed by atoms with Gasteiger partial charge in [-0.25, -0.2) is 8.42 Å². The normalized spacial score (nSPS) is 18.8. The Morgan fingerprint density at radius 3 is 2.39 bits per heavy atom. The van der Waals surface area contributed by atoms with Crippen molar-refractivity contribution < 1.29 is 8.42 Å². The van der Waals surface area contributed by atoms with Gasteiger partial charge in [0.25, 0.3) is 0 Å². The summed E-state index contributed by atoms with van der Waals surface area (Å²) in [6.45, 7) is 1.63. The Bertz CT molecular complexity index is 505. The van der Waals surface area contributed by atoms with Gasteiger partial charge in [-0.15, -0.1) is 11.3 Å². The predicted molar refractivity (Wildman–Crippen MR) is 77.1 cm³/mol. The van der Waals surface area contributed by atoms with Crippen molar-refractivity contribution in [3.05, 3.63) is 14.7 Å². The van der Waals surface area contributed by atoms with E-state index in [1.807, 2.05) is 0 Å². The van der Waals surface area contributed by atoms with E-state index in [2.05, 4.69) is 15.9 Å². The zero-order valence-corrected chi connectivity index (χ0v) is 13.3. The van der Waals surface area contributed by atoms with Gasteiger partial charge in [0.05, 0.1) is 3.79 Å². The first kappa shape index (κ1) is 14.5. The fourth-order valence-corrected chi connectivity index (χ4v) is 6.12. The molecule has 1 aromatic heterocycles. The first-order chi connectivity index (χ1) is 8.55. The molecule has 0 bridgehead atoms. The Labute approximate surface area is 120 Å². The van der Waals surface area contributed by atoms with E-state index < -0.39 is 10.0 Å². The molecule has 0 aliphatic carbocycles. The summed E-state index contributed by atoms with van der Waals surface area (Å²) in [6.07, 6.45) is 4.13. The van der Waals surface area contributed by atoms with Gasteiger partial charge in [-0.1, -0.05) is 12.8 Å². The molecule has 2 rings (SSSR count). The molecular weight excluding hydrogens is 336 g/mol. The van der Waals surface area contributed by atoms with E-state index in [1.165, 1.54) is 11.3 Å². The fraction of sp³-hybridized carbons (Fsp3) is 0.636. The van der Waals surface area contributed by atoms with Gasteiger partial charge in [0, 0.05) is 24.5 Å². The highest BCUT2D eigenvalue weighted by Crippen LogP contribution is 2.34. The average Bonchev–Trinajstić information content (AvgIpc) is 2.55. The maximum atomic E-state index is 12.6. The maximum absolute atomic E-state index is 12.6. The number of hydrogen-bond acceptors (Lipinski definition) is 4. The van der Waals surface area contributed by atoms with Gasteiger partial charge >= 0.3 is 0 Å². The molecule has 2 heterocycles. The number of nitrogens with two attached hydrogens (primary N) is 1. The zero-order valence-electron chi connectivity index (χ0n) is 10.1. The summed E-state index contributed by atoms with van der Waals surface area (Å²) in [5, 5.41) is 0. The minimum atomic E-state index is -3.36. The van der Waals surface area contributed by atoms with E-state index in [1.54, 1.807) is 10.4 Å². The van der Waals surface area contributed by atoms with Crippen molar-refractivity contribution in [2.75, 3.05) is 13.1 Å². The molecule has 7 heteroatoms. The first-order valence-electron chi connectivity index (χ1n) is 6.04. The summed E-state index contributed by atoms with van der Waals surface area (Å²) in [5.41, 5.74) is 5.56. The molecule has 0 aromatic carbocycles. The van der Waals surface area contributed by atoms with Crippen LogP contribution in [0.2, 0.25) is 0 Å². The van der Waals surface area contributed by atoms with Crippen LogP contribution in [0.4, 0.5) is 0 Å². The van der Waals surface area contributed by atoms with Crippen molar-refractivity contribution in [2.24, 2.45) is 5.73 Å². The van der Waals surface area contributed by atoms with E-state index in [9.17, 15) is 8.42 Å². The second-order valence-electron chi connectivity index (χ2n) is 4.37. The van der Waals surface area contributed by atoms with Crippen molar-refractivity contribution in [2.45, 2.75) is 37.1 Å². The lowest BCUT2D eigenvalue weighted by Crippen LogP contribution is -2.31. The highest BCUT2D eigenvalue weighted by molar-refractivity contribution is 9.11. The molecule has 2 N–H and O–H groups in total. The Kier molecular flexibility index (Phi) is 4.82. The lowest BCUT2D eigenvalue weighted by Gasteiger charge is -2.19. The molecule has 0 unspecified atom stereocenters. The third-order valence-corrected chi connectivity index (χ3v) is 7.26. The van der Waals surface area contributed by atoms with Crippen LogP contribution in [-0.4, -0.2) is 25.8 Å². The van der Waals surface area contributed by atoms with Crippen LogP contribution < -0.4 is 5.73 Å². The summed E-state index contributed by atoms with van der Waals surface area (Å²) in [5.74, 6) is 0. The second kappa shape index (κ2) is 6.00. The van der Waals surface area contributed by atoms with E-state index >= 15 is 0 Å². The van der Waals surface area contributed by atoms with E-state index in [0.29, 0.717) is 28.3 Å². The quantitative estimate of drug-likeness (QED) is 0.908. The van der Waals surface area contributed by atoms with Crippen molar-refractivity contribution >= 4 is 37.3 Å². The van der Waals surface area contributed by atoms with Crippen LogP contribution in [0.25, 0.3) is 0 Å². The molecule has 1 aliphatic heterocycles. The summed E-state index contributed by atoms with van der Waals surface area (Å²) < 4.78 is 27.4. The van der Waals surface area contributed by atoms with Gasteiger partial charge in [0.15, 0.2) is 0 Å². The molecule has 1 saturated heterocycles. The topological polar surface area (TPSA) is 63.4 Å². The number of halogens is 1. The summed E-state index contributed by atoms with van der Waals surface area (Å²) in [6, 6.07) is 1.69. The molecule has 0 radical (unpaired) electrons. The summed E-state index contributed by atoms with van der Waals surface area (Å²) in [7, 11) is -3.36. The van der Waals surface area contributed by atoms with Crippen molar-refractivity contribution in [1.82, 2.24) is 4.31 Å². The molecule has 4 nitrogen and oxygen atoms in total. The third kappa shape index (κ3) is 2.96. The molecule has 1 aliphatic rings. The monoisotopic (exact) mass is 352 g/mol. The van der Waals surface area contributed by atoms with Gasteiger partial charge in [0.2, 0.25) is 10.0 Å². The molecule has 0 amide bonds. The fourth-order valence-electron chi connectivity index (χ4n) is 2.10. The van der Waals surface area contributed by atoms with E-state index in [0.717, 1.165) is 30.6 Å². The standard InChI is InChI=1S/C11H17BrN2O2S2/c12-11-10(7-9(8-13)17-11)18(15,16)14-5-3-1-2-4-6-14/h7H,1-6,8,13H2. The lowest BCUT2D eigenvalue weighted by atomic mass is 10.2. The summed E-state index contributed by atoms with van der Waals surface area (Å²) >= 11 is 4.73. The van der Waals surface area contributed by atoms with Crippen molar-refractivity contribution in [1.29, 1.82) is 0 Å². The molecule has 0 spiro atoms. The lowest BCUT2D eigenvalue weighted by molar-refractivity contribution is 0.423. The first-order valence-corrected chi connectivity index (χ1v) is 9.09. The average molecular weight is 353 g/mol. The van der Waals surface area contributed by atoms with Gasteiger partial charge in [0.1, 0.15) is 4.90 Å². The Morgan fingerprint density at radius 2 is 1.89 bits per heavy atom. The Morgan fingerprint density at radius 1 is 1.28 bits per heavy atom. The highest BCUT2D eigenvalue weighted by Gasteiger charge is 2.28. The number of rotatable bonds is 3. The van der Waals surface area contributed by atoms with Crippen molar-refractivity contribution in [3.8, 4) is 0 Å². The number of nitrogens with zero attached hydrogens (tertiary/aromatic N) is 1. The minimum Gasteiger partial charge on any atom is -0.326 e. The minimum absolute atomic E-state index is 0.370. The van der Waals surface area contributed by atoms with Crippen LogP contribution >= 0.6 is 27.3 Å². The SMILES string of the molecule is NCc1cc(S(=O)(=O)N2CCCCCC2)c(Br)s1. The van der Waals surface area contributed by atoms with Gasteiger partial charge in [-0.3, -0.25) is 0 Å². The molecular formula is C11H17BrN2O2S2. The van der Waals surface area contributed by atoms with Crippen LogP contribution in [0, 0.1) is 0 Å². The molecule has 0 saturated carbocycles. The largest absolute Gasteiger partial charge is 0.326 e. The number of sulfonamides is 1. The Hall–Kier alpha value is 0.0500. The second-order valence-corrected chi connectivity index (χ2v) is 8.73. The van der Waals surface area contributed by atoms with Crippen LogP contribution in [0.1, 0.15) is 30.6 Å². The van der Waals surface area contributed by atoms with Crippen molar-refractivity contribution in [3.63, 3.8) is 0 Å². The third-order valence-electron chi connectivity index (χ3n) is 3.09. The van der Waals surface area contributed by atoms with Crippen LogP contribution in [-0.2, 0) is 16.6 Å². The van der Waals surface area contributed by atoms with E-state index in [-0.39, 0.29) is 0 Å². The Balaban J connectivity index is 2.31. The highest BCUT2D eigenvalue weighted by atomic mass is 79.9. The maximum Gasteiger partial charge on any atom is 0.245 e.